The quantitative estimate of drug-likeness (QED) is 0.847. The van der Waals surface area contributed by atoms with Gasteiger partial charge in [0.25, 0.3) is 0 Å². The molecule has 0 aliphatic heterocycles. The van der Waals surface area contributed by atoms with Gasteiger partial charge in [0, 0.05) is 18.7 Å². The number of hydrogen-bond donors (Lipinski definition) is 2. The van der Waals surface area contributed by atoms with Crippen molar-refractivity contribution in [1.82, 2.24) is 15.3 Å². The predicted molar refractivity (Wildman–Crippen MR) is 74.7 cm³/mol. The molecule has 2 rings (SSSR count). The fourth-order valence-electron chi connectivity index (χ4n) is 2.12. The highest BCUT2D eigenvalue weighted by Gasteiger charge is 2.07. The highest BCUT2D eigenvalue weighted by atomic mass is 15.0. The van der Waals surface area contributed by atoms with Gasteiger partial charge in [-0.15, -0.1) is 0 Å². The number of rotatable bonds is 5. The molecule has 1 unspecified atom stereocenters. The summed E-state index contributed by atoms with van der Waals surface area (Å²) in [5.74, 6) is 1.03. The number of H-pyrrole nitrogens is 1. The van der Waals surface area contributed by atoms with Crippen LogP contribution in [-0.2, 0) is 6.42 Å². The number of imidazole rings is 1. The number of nitrogens with one attached hydrogen (secondary N) is 2. The number of nitrogens with zero attached hydrogens (tertiary/aromatic N) is 1. The molecular formula is C15H21N3. The van der Waals surface area contributed by atoms with Gasteiger partial charge in [-0.05, 0) is 26.0 Å². The SMILES string of the molecule is CCNC(C)c1cnc(Cc2cccc(C)c2)[nH]1. The second-order valence-corrected chi connectivity index (χ2v) is 4.73. The van der Waals surface area contributed by atoms with Crippen LogP contribution in [0.1, 0.15) is 42.5 Å². The van der Waals surface area contributed by atoms with Crippen LogP contribution in [0.2, 0.25) is 0 Å². The summed E-state index contributed by atoms with van der Waals surface area (Å²) in [6.07, 6.45) is 2.79. The van der Waals surface area contributed by atoms with Gasteiger partial charge in [-0.1, -0.05) is 36.8 Å². The Balaban J connectivity index is 2.06. The average molecular weight is 243 g/mol. The number of aryl methyl sites for hydroxylation is 1. The maximum Gasteiger partial charge on any atom is 0.110 e. The third-order valence-corrected chi connectivity index (χ3v) is 3.08. The van der Waals surface area contributed by atoms with Crippen LogP contribution >= 0.6 is 0 Å². The van der Waals surface area contributed by atoms with Crippen molar-refractivity contribution in [1.29, 1.82) is 0 Å². The Morgan fingerprint density at radius 2 is 2.22 bits per heavy atom. The van der Waals surface area contributed by atoms with Crippen molar-refractivity contribution in [2.45, 2.75) is 33.2 Å². The average Bonchev–Trinajstić information content (AvgIpc) is 2.78. The van der Waals surface area contributed by atoms with E-state index in [0.29, 0.717) is 6.04 Å². The van der Waals surface area contributed by atoms with E-state index in [2.05, 4.69) is 60.3 Å². The minimum Gasteiger partial charge on any atom is -0.344 e. The maximum absolute atomic E-state index is 4.45. The molecule has 1 aromatic carbocycles. The molecule has 3 nitrogen and oxygen atoms in total. The van der Waals surface area contributed by atoms with Crippen molar-refractivity contribution < 1.29 is 0 Å². The highest BCUT2D eigenvalue weighted by molar-refractivity contribution is 5.25. The van der Waals surface area contributed by atoms with Crippen LogP contribution in [0, 0.1) is 6.92 Å². The van der Waals surface area contributed by atoms with Gasteiger partial charge in [0.05, 0.1) is 5.69 Å². The van der Waals surface area contributed by atoms with Crippen LogP contribution < -0.4 is 5.32 Å². The summed E-state index contributed by atoms with van der Waals surface area (Å²) in [6.45, 7) is 7.34. The van der Waals surface area contributed by atoms with Crippen molar-refractivity contribution in [3.05, 3.63) is 53.1 Å². The van der Waals surface area contributed by atoms with Crippen molar-refractivity contribution >= 4 is 0 Å². The fourth-order valence-corrected chi connectivity index (χ4v) is 2.12. The summed E-state index contributed by atoms with van der Waals surface area (Å²) >= 11 is 0. The molecule has 0 bridgehead atoms. The molecule has 1 aromatic heterocycles. The lowest BCUT2D eigenvalue weighted by atomic mass is 10.1. The summed E-state index contributed by atoms with van der Waals surface area (Å²) in [5, 5.41) is 3.38. The van der Waals surface area contributed by atoms with Crippen molar-refractivity contribution in [3.8, 4) is 0 Å². The van der Waals surface area contributed by atoms with Crippen LogP contribution in [0.4, 0.5) is 0 Å². The molecule has 18 heavy (non-hydrogen) atoms. The lowest BCUT2D eigenvalue weighted by Crippen LogP contribution is -2.17. The first kappa shape index (κ1) is 12.8. The molecular weight excluding hydrogens is 222 g/mol. The number of hydrogen-bond acceptors (Lipinski definition) is 2. The maximum atomic E-state index is 4.45. The van der Waals surface area contributed by atoms with Crippen molar-refractivity contribution in [2.24, 2.45) is 0 Å². The van der Waals surface area contributed by atoms with Gasteiger partial charge >= 0.3 is 0 Å². The molecule has 0 saturated heterocycles. The van der Waals surface area contributed by atoms with E-state index in [9.17, 15) is 0 Å². The van der Waals surface area contributed by atoms with E-state index in [1.165, 1.54) is 11.1 Å². The monoisotopic (exact) mass is 243 g/mol. The topological polar surface area (TPSA) is 40.7 Å². The smallest absolute Gasteiger partial charge is 0.110 e. The third-order valence-electron chi connectivity index (χ3n) is 3.08. The molecule has 0 saturated carbocycles. The molecule has 1 heterocycles. The second kappa shape index (κ2) is 5.83. The van der Waals surface area contributed by atoms with Gasteiger partial charge in [-0.2, -0.15) is 0 Å². The van der Waals surface area contributed by atoms with Crippen LogP contribution in [0.3, 0.4) is 0 Å². The van der Waals surface area contributed by atoms with Gasteiger partial charge in [0.2, 0.25) is 0 Å². The number of benzene rings is 1. The molecule has 0 aliphatic carbocycles. The lowest BCUT2D eigenvalue weighted by molar-refractivity contribution is 0.585. The summed E-state index contributed by atoms with van der Waals surface area (Å²) < 4.78 is 0. The van der Waals surface area contributed by atoms with E-state index in [-0.39, 0.29) is 0 Å². The Morgan fingerprint density at radius 1 is 1.39 bits per heavy atom. The van der Waals surface area contributed by atoms with Crippen molar-refractivity contribution in [3.63, 3.8) is 0 Å². The summed E-state index contributed by atoms with van der Waals surface area (Å²) in [4.78, 5) is 7.84. The first-order chi connectivity index (χ1) is 8.69. The van der Waals surface area contributed by atoms with E-state index in [1.807, 2.05) is 6.20 Å². The molecule has 2 N–H and O–H groups in total. The largest absolute Gasteiger partial charge is 0.344 e. The van der Waals surface area contributed by atoms with Crippen LogP contribution in [0.5, 0.6) is 0 Å². The van der Waals surface area contributed by atoms with E-state index in [1.54, 1.807) is 0 Å². The summed E-state index contributed by atoms with van der Waals surface area (Å²) in [5.41, 5.74) is 3.74. The molecule has 1 atom stereocenters. The molecule has 3 heteroatoms. The standard InChI is InChI=1S/C15H21N3/c1-4-16-12(3)14-10-17-15(18-14)9-13-7-5-6-11(2)8-13/h5-8,10,12,16H,4,9H2,1-3H3,(H,17,18). The summed E-state index contributed by atoms with van der Waals surface area (Å²) in [6, 6.07) is 8.88. The molecule has 0 aliphatic rings. The zero-order valence-electron chi connectivity index (χ0n) is 11.3. The Hall–Kier alpha value is -1.61. The Morgan fingerprint density at radius 3 is 2.94 bits per heavy atom. The van der Waals surface area contributed by atoms with Gasteiger partial charge in [-0.25, -0.2) is 4.98 Å². The van der Waals surface area contributed by atoms with E-state index < -0.39 is 0 Å². The minimum absolute atomic E-state index is 0.328. The summed E-state index contributed by atoms with van der Waals surface area (Å²) in [7, 11) is 0. The zero-order valence-corrected chi connectivity index (χ0v) is 11.3. The molecule has 96 valence electrons. The van der Waals surface area contributed by atoms with E-state index in [4.69, 9.17) is 0 Å². The molecule has 0 spiro atoms. The fraction of sp³-hybridized carbons (Fsp3) is 0.400. The van der Waals surface area contributed by atoms with Gasteiger partial charge in [0.1, 0.15) is 5.82 Å². The minimum atomic E-state index is 0.328. The van der Waals surface area contributed by atoms with Crippen LogP contribution in [-0.4, -0.2) is 16.5 Å². The zero-order chi connectivity index (χ0) is 13.0. The third kappa shape index (κ3) is 3.20. The van der Waals surface area contributed by atoms with Gasteiger partial charge in [-0.3, -0.25) is 0 Å². The van der Waals surface area contributed by atoms with Crippen LogP contribution in [0.15, 0.2) is 30.5 Å². The van der Waals surface area contributed by atoms with Crippen molar-refractivity contribution in [2.75, 3.05) is 6.54 Å². The van der Waals surface area contributed by atoms with Crippen LogP contribution in [0.25, 0.3) is 0 Å². The van der Waals surface area contributed by atoms with Gasteiger partial charge in [0.15, 0.2) is 0 Å². The lowest BCUT2D eigenvalue weighted by Gasteiger charge is -2.09. The molecule has 0 fully saturated rings. The Bertz CT molecular complexity index is 502. The number of aromatic nitrogens is 2. The van der Waals surface area contributed by atoms with Gasteiger partial charge < -0.3 is 10.3 Å². The molecule has 0 amide bonds. The highest BCUT2D eigenvalue weighted by Crippen LogP contribution is 2.12. The molecule has 0 radical (unpaired) electrons. The Labute approximate surface area is 109 Å². The molecule has 2 aromatic rings. The Kier molecular flexibility index (Phi) is 4.15. The first-order valence-electron chi connectivity index (χ1n) is 6.51. The second-order valence-electron chi connectivity index (χ2n) is 4.73. The van der Waals surface area contributed by atoms with E-state index in [0.717, 1.165) is 24.5 Å². The predicted octanol–water partition coefficient (Wildman–Crippen LogP) is 2.98. The normalized spacial score (nSPS) is 12.6. The first-order valence-corrected chi connectivity index (χ1v) is 6.51. The number of aromatic amines is 1. The van der Waals surface area contributed by atoms with E-state index >= 15 is 0 Å².